The molecule has 2 aromatic rings. The quantitative estimate of drug-likeness (QED) is 0.747. The Hall–Kier alpha value is -2.54. The number of sulfonamides is 1. The van der Waals surface area contributed by atoms with Crippen LogP contribution in [0.2, 0.25) is 0 Å². The van der Waals surface area contributed by atoms with Crippen molar-refractivity contribution in [1.29, 1.82) is 0 Å². The third-order valence-electron chi connectivity index (χ3n) is 4.16. The fourth-order valence-corrected chi connectivity index (χ4v) is 3.54. The number of amides is 1. The van der Waals surface area contributed by atoms with E-state index in [2.05, 4.69) is 19.2 Å². The number of nitrogens with one attached hydrogen (secondary N) is 1. The van der Waals surface area contributed by atoms with Crippen LogP contribution in [0.5, 0.6) is 5.75 Å². The molecule has 1 N–H and O–H groups in total. The molecule has 0 aromatic heterocycles. The summed E-state index contributed by atoms with van der Waals surface area (Å²) in [6.07, 6.45) is 1.19. The van der Waals surface area contributed by atoms with E-state index in [0.717, 1.165) is 11.8 Å². The molecule has 0 aliphatic heterocycles. The zero-order chi connectivity index (χ0) is 20.0. The molecule has 2 rings (SSSR count). The Balaban J connectivity index is 2.04. The Kier molecular flexibility index (Phi) is 6.85. The number of ether oxygens (including phenoxy) is 1. The van der Waals surface area contributed by atoms with Gasteiger partial charge in [-0.3, -0.25) is 9.10 Å². The predicted molar refractivity (Wildman–Crippen MR) is 109 cm³/mol. The van der Waals surface area contributed by atoms with Gasteiger partial charge in [0, 0.05) is 18.7 Å². The van der Waals surface area contributed by atoms with Crippen LogP contribution in [-0.4, -0.2) is 34.2 Å². The van der Waals surface area contributed by atoms with Crippen LogP contribution in [-0.2, 0) is 14.8 Å². The maximum Gasteiger partial charge on any atom is 0.232 e. The van der Waals surface area contributed by atoms with E-state index in [4.69, 9.17) is 4.74 Å². The van der Waals surface area contributed by atoms with Crippen molar-refractivity contribution in [3.63, 3.8) is 0 Å². The fraction of sp³-hybridized carbons (Fsp3) is 0.350. The van der Waals surface area contributed by atoms with Crippen LogP contribution in [0.4, 0.5) is 11.4 Å². The van der Waals surface area contributed by atoms with Crippen molar-refractivity contribution in [2.24, 2.45) is 0 Å². The number of rotatable bonds is 8. The van der Waals surface area contributed by atoms with Crippen molar-refractivity contribution in [3.05, 3.63) is 54.1 Å². The molecule has 0 aliphatic carbocycles. The van der Waals surface area contributed by atoms with E-state index in [-0.39, 0.29) is 18.9 Å². The highest BCUT2D eigenvalue weighted by Gasteiger charge is 2.19. The second kappa shape index (κ2) is 8.90. The van der Waals surface area contributed by atoms with Gasteiger partial charge in [0.05, 0.1) is 19.1 Å². The van der Waals surface area contributed by atoms with Gasteiger partial charge in [-0.05, 0) is 47.9 Å². The van der Waals surface area contributed by atoms with Crippen molar-refractivity contribution in [3.8, 4) is 5.75 Å². The van der Waals surface area contributed by atoms with Gasteiger partial charge in [-0.15, -0.1) is 0 Å². The zero-order valence-electron chi connectivity index (χ0n) is 16.1. The van der Waals surface area contributed by atoms with Gasteiger partial charge in [-0.1, -0.05) is 26.0 Å². The third kappa shape index (κ3) is 5.99. The summed E-state index contributed by atoms with van der Waals surface area (Å²) < 4.78 is 30.7. The Labute approximate surface area is 161 Å². The lowest BCUT2D eigenvalue weighted by atomic mass is 10.0. The molecular weight excluding hydrogens is 364 g/mol. The molecule has 0 bridgehead atoms. The number of hydrogen-bond acceptors (Lipinski definition) is 4. The molecule has 0 saturated carbocycles. The van der Waals surface area contributed by atoms with Gasteiger partial charge in [0.2, 0.25) is 15.9 Å². The lowest BCUT2D eigenvalue weighted by Gasteiger charge is -2.22. The lowest BCUT2D eigenvalue weighted by Crippen LogP contribution is -2.33. The first kappa shape index (κ1) is 20.8. The Morgan fingerprint density at radius 3 is 2.15 bits per heavy atom. The molecule has 0 heterocycles. The lowest BCUT2D eigenvalue weighted by molar-refractivity contribution is -0.116. The molecule has 6 nitrogen and oxygen atoms in total. The first-order chi connectivity index (χ1) is 12.7. The van der Waals surface area contributed by atoms with E-state index in [1.54, 1.807) is 43.5 Å². The van der Waals surface area contributed by atoms with Crippen molar-refractivity contribution in [1.82, 2.24) is 0 Å². The summed E-state index contributed by atoms with van der Waals surface area (Å²) in [6.45, 7) is 4.22. The number of carbonyl (C=O) groups is 1. The monoisotopic (exact) mass is 390 g/mol. The van der Waals surface area contributed by atoms with Crippen LogP contribution in [0.25, 0.3) is 0 Å². The number of anilines is 2. The molecule has 0 saturated heterocycles. The summed E-state index contributed by atoms with van der Waals surface area (Å²) in [7, 11) is -1.92. The summed E-state index contributed by atoms with van der Waals surface area (Å²) in [5.41, 5.74) is 2.32. The van der Waals surface area contributed by atoms with Gasteiger partial charge in [0.25, 0.3) is 0 Å². The number of benzene rings is 2. The second-order valence-corrected chi connectivity index (χ2v) is 8.51. The van der Waals surface area contributed by atoms with Crippen LogP contribution < -0.4 is 14.4 Å². The summed E-state index contributed by atoms with van der Waals surface area (Å²) in [5, 5.41) is 2.76. The van der Waals surface area contributed by atoms with Crippen LogP contribution in [0.15, 0.2) is 48.5 Å². The Morgan fingerprint density at radius 2 is 1.67 bits per heavy atom. The number of nitrogens with zero attached hydrogens (tertiary/aromatic N) is 1. The van der Waals surface area contributed by atoms with Crippen LogP contribution in [0, 0.1) is 0 Å². The van der Waals surface area contributed by atoms with Gasteiger partial charge < -0.3 is 10.1 Å². The highest BCUT2D eigenvalue weighted by atomic mass is 32.2. The molecule has 0 spiro atoms. The first-order valence-electron chi connectivity index (χ1n) is 8.72. The standard InChI is InChI=1S/C20H26N2O4S/c1-15(2)16-5-9-18(10-6-16)22(27(4,24)25)14-13-20(23)21-17-7-11-19(26-3)12-8-17/h5-12,15H,13-14H2,1-4H3,(H,21,23). The molecule has 2 aromatic carbocycles. The van der Waals surface area contributed by atoms with Crippen LogP contribution in [0.3, 0.4) is 0 Å². The zero-order valence-corrected chi connectivity index (χ0v) is 16.9. The third-order valence-corrected chi connectivity index (χ3v) is 5.36. The van der Waals surface area contributed by atoms with E-state index >= 15 is 0 Å². The molecule has 0 aliphatic rings. The maximum atomic E-state index is 12.2. The van der Waals surface area contributed by atoms with Crippen molar-refractivity contribution >= 4 is 27.3 Å². The van der Waals surface area contributed by atoms with E-state index in [1.165, 1.54) is 4.31 Å². The predicted octanol–water partition coefficient (Wildman–Crippen LogP) is 3.61. The van der Waals surface area contributed by atoms with Gasteiger partial charge >= 0.3 is 0 Å². The Bertz CT molecular complexity index is 860. The largest absolute Gasteiger partial charge is 0.497 e. The normalized spacial score (nSPS) is 11.3. The Morgan fingerprint density at radius 1 is 1.07 bits per heavy atom. The molecule has 0 unspecified atom stereocenters. The maximum absolute atomic E-state index is 12.2. The number of carbonyl (C=O) groups excluding carboxylic acids is 1. The topological polar surface area (TPSA) is 75.7 Å². The molecular formula is C20H26N2O4S. The number of hydrogen-bond donors (Lipinski definition) is 1. The number of methoxy groups -OCH3 is 1. The average Bonchev–Trinajstić information content (AvgIpc) is 2.61. The minimum Gasteiger partial charge on any atom is -0.497 e. The second-order valence-electron chi connectivity index (χ2n) is 6.61. The molecule has 146 valence electrons. The van der Waals surface area contributed by atoms with Gasteiger partial charge in [0.15, 0.2) is 0 Å². The van der Waals surface area contributed by atoms with E-state index in [1.807, 2.05) is 12.1 Å². The van der Waals surface area contributed by atoms with Crippen molar-refractivity contribution in [2.45, 2.75) is 26.2 Å². The average molecular weight is 391 g/mol. The fourth-order valence-electron chi connectivity index (χ4n) is 2.61. The summed E-state index contributed by atoms with van der Waals surface area (Å²) >= 11 is 0. The minimum absolute atomic E-state index is 0.0467. The minimum atomic E-state index is -3.49. The van der Waals surface area contributed by atoms with E-state index in [0.29, 0.717) is 23.0 Å². The van der Waals surface area contributed by atoms with E-state index < -0.39 is 10.0 Å². The molecule has 7 heteroatoms. The van der Waals surface area contributed by atoms with Crippen LogP contribution >= 0.6 is 0 Å². The first-order valence-corrected chi connectivity index (χ1v) is 10.6. The molecule has 27 heavy (non-hydrogen) atoms. The van der Waals surface area contributed by atoms with Gasteiger partial charge in [-0.25, -0.2) is 8.42 Å². The van der Waals surface area contributed by atoms with Crippen molar-refractivity contribution < 1.29 is 17.9 Å². The summed E-state index contributed by atoms with van der Waals surface area (Å²) in [4.78, 5) is 12.2. The molecule has 1 amide bonds. The van der Waals surface area contributed by atoms with Gasteiger partial charge in [-0.2, -0.15) is 0 Å². The SMILES string of the molecule is COc1ccc(NC(=O)CCN(c2ccc(C(C)C)cc2)S(C)(=O)=O)cc1. The van der Waals surface area contributed by atoms with Gasteiger partial charge in [0.1, 0.15) is 5.75 Å². The molecule has 0 fully saturated rings. The highest BCUT2D eigenvalue weighted by molar-refractivity contribution is 7.92. The van der Waals surface area contributed by atoms with Crippen LogP contribution in [0.1, 0.15) is 31.7 Å². The molecule has 0 atom stereocenters. The summed E-state index contributed by atoms with van der Waals surface area (Å²) in [5.74, 6) is 0.801. The smallest absolute Gasteiger partial charge is 0.232 e. The molecule has 0 radical (unpaired) electrons. The van der Waals surface area contributed by atoms with Crippen molar-refractivity contribution in [2.75, 3.05) is 29.5 Å². The van der Waals surface area contributed by atoms with E-state index in [9.17, 15) is 13.2 Å². The highest BCUT2D eigenvalue weighted by Crippen LogP contribution is 2.22. The summed E-state index contributed by atoms with van der Waals surface area (Å²) in [6, 6.07) is 14.3.